The van der Waals surface area contributed by atoms with Crippen molar-refractivity contribution in [1.29, 1.82) is 0 Å². The van der Waals surface area contributed by atoms with Crippen molar-refractivity contribution < 1.29 is 14.3 Å². The van der Waals surface area contributed by atoms with Gasteiger partial charge in [-0.15, -0.1) is 0 Å². The lowest BCUT2D eigenvalue weighted by Gasteiger charge is -2.28. The summed E-state index contributed by atoms with van der Waals surface area (Å²) in [6.45, 7) is 11.6. The van der Waals surface area contributed by atoms with Gasteiger partial charge in [-0.2, -0.15) is 0 Å². The molecule has 0 aromatic heterocycles. The second-order valence-electron chi connectivity index (χ2n) is 6.40. The molecule has 0 bridgehead atoms. The van der Waals surface area contributed by atoms with Crippen molar-refractivity contribution in [3.8, 4) is 5.75 Å². The SMILES string of the molecule is Cc1ccc(CN2CCNCC2)c(OCC(C)(C)OC=O)c1. The summed E-state index contributed by atoms with van der Waals surface area (Å²) >= 11 is 0. The van der Waals surface area contributed by atoms with E-state index in [1.165, 1.54) is 5.56 Å². The van der Waals surface area contributed by atoms with Crippen molar-refractivity contribution >= 4 is 6.47 Å². The van der Waals surface area contributed by atoms with E-state index in [0.29, 0.717) is 13.1 Å². The number of ether oxygens (including phenoxy) is 2. The second-order valence-corrected chi connectivity index (χ2v) is 6.40. The van der Waals surface area contributed by atoms with Gasteiger partial charge in [-0.25, -0.2) is 0 Å². The lowest BCUT2D eigenvalue weighted by Crippen LogP contribution is -2.43. The Morgan fingerprint density at radius 2 is 2.05 bits per heavy atom. The number of nitrogens with zero attached hydrogens (tertiary/aromatic N) is 1. The number of aryl methyl sites for hydroxylation is 1. The van der Waals surface area contributed by atoms with Gasteiger partial charge in [0.1, 0.15) is 18.0 Å². The summed E-state index contributed by atoms with van der Waals surface area (Å²) in [5, 5.41) is 3.36. The number of piperazine rings is 1. The molecule has 0 aliphatic carbocycles. The van der Waals surface area contributed by atoms with E-state index in [2.05, 4.69) is 35.3 Å². The molecule has 1 saturated heterocycles. The standard InChI is InChI=1S/C17H26N2O3/c1-14-4-5-15(11-19-8-6-18-7-9-19)16(10-14)21-12-17(2,3)22-13-20/h4-5,10,13,18H,6-9,11-12H2,1-3H3. The number of benzene rings is 1. The highest BCUT2D eigenvalue weighted by Gasteiger charge is 2.21. The fourth-order valence-electron chi connectivity index (χ4n) is 2.45. The lowest BCUT2D eigenvalue weighted by atomic mass is 10.1. The smallest absolute Gasteiger partial charge is 0.293 e. The first-order chi connectivity index (χ1) is 10.5. The summed E-state index contributed by atoms with van der Waals surface area (Å²) in [7, 11) is 0. The van der Waals surface area contributed by atoms with Crippen LogP contribution in [-0.2, 0) is 16.1 Å². The zero-order valence-corrected chi connectivity index (χ0v) is 13.7. The van der Waals surface area contributed by atoms with Gasteiger partial charge in [0.15, 0.2) is 0 Å². The van der Waals surface area contributed by atoms with E-state index in [0.717, 1.165) is 44.0 Å². The van der Waals surface area contributed by atoms with Gasteiger partial charge < -0.3 is 14.8 Å². The molecule has 1 fully saturated rings. The monoisotopic (exact) mass is 306 g/mol. The first-order valence-electron chi connectivity index (χ1n) is 7.77. The first-order valence-corrected chi connectivity index (χ1v) is 7.77. The predicted molar refractivity (Wildman–Crippen MR) is 86.0 cm³/mol. The largest absolute Gasteiger partial charge is 0.489 e. The van der Waals surface area contributed by atoms with Crippen molar-refractivity contribution in [2.75, 3.05) is 32.8 Å². The third-order valence-electron chi connectivity index (χ3n) is 3.77. The van der Waals surface area contributed by atoms with Crippen molar-refractivity contribution in [2.24, 2.45) is 0 Å². The molecule has 1 aliphatic heterocycles. The van der Waals surface area contributed by atoms with Crippen molar-refractivity contribution in [3.05, 3.63) is 29.3 Å². The maximum Gasteiger partial charge on any atom is 0.293 e. The Hall–Kier alpha value is -1.59. The minimum atomic E-state index is -0.627. The Morgan fingerprint density at radius 1 is 1.32 bits per heavy atom. The van der Waals surface area contributed by atoms with Gasteiger partial charge in [-0.1, -0.05) is 12.1 Å². The van der Waals surface area contributed by atoms with Gasteiger partial charge in [0.05, 0.1) is 0 Å². The van der Waals surface area contributed by atoms with E-state index >= 15 is 0 Å². The van der Waals surface area contributed by atoms with Gasteiger partial charge in [-0.05, 0) is 32.4 Å². The van der Waals surface area contributed by atoms with Crippen molar-refractivity contribution in [3.63, 3.8) is 0 Å². The topological polar surface area (TPSA) is 50.8 Å². The molecule has 0 amide bonds. The Kier molecular flexibility index (Phi) is 5.80. The van der Waals surface area contributed by atoms with E-state index in [1.807, 2.05) is 13.8 Å². The molecule has 1 N–H and O–H groups in total. The van der Waals surface area contributed by atoms with Crippen LogP contribution in [0.15, 0.2) is 18.2 Å². The number of carbonyl (C=O) groups is 1. The molecule has 0 atom stereocenters. The van der Waals surface area contributed by atoms with Crippen LogP contribution in [0.2, 0.25) is 0 Å². The zero-order valence-electron chi connectivity index (χ0n) is 13.7. The summed E-state index contributed by atoms with van der Waals surface area (Å²) < 4.78 is 11.0. The van der Waals surface area contributed by atoms with E-state index in [9.17, 15) is 4.79 Å². The Bertz CT molecular complexity index is 497. The van der Waals surface area contributed by atoms with E-state index < -0.39 is 5.60 Å². The van der Waals surface area contributed by atoms with Crippen LogP contribution in [0.5, 0.6) is 5.75 Å². The molecule has 0 saturated carbocycles. The summed E-state index contributed by atoms with van der Waals surface area (Å²) in [4.78, 5) is 12.9. The van der Waals surface area contributed by atoms with Gasteiger partial charge in [-0.3, -0.25) is 9.69 Å². The summed E-state index contributed by atoms with van der Waals surface area (Å²) in [5.74, 6) is 0.876. The molecule has 0 spiro atoms. The number of carbonyl (C=O) groups excluding carboxylic acids is 1. The first kappa shape index (κ1) is 16.8. The van der Waals surface area contributed by atoms with Crippen LogP contribution in [0.1, 0.15) is 25.0 Å². The Labute approximate surface area is 132 Å². The molecule has 5 nitrogen and oxygen atoms in total. The normalized spacial score (nSPS) is 16.3. The number of rotatable bonds is 7. The van der Waals surface area contributed by atoms with E-state index in [1.54, 1.807) is 0 Å². The molecule has 1 aromatic rings. The fraction of sp³-hybridized carbons (Fsp3) is 0.588. The maximum atomic E-state index is 10.5. The average molecular weight is 306 g/mol. The minimum absolute atomic E-state index is 0.337. The van der Waals surface area contributed by atoms with E-state index in [4.69, 9.17) is 9.47 Å². The molecule has 0 radical (unpaired) electrons. The molecular weight excluding hydrogens is 280 g/mol. The van der Waals surface area contributed by atoms with Crippen LogP contribution in [0.4, 0.5) is 0 Å². The molecule has 5 heteroatoms. The summed E-state index contributed by atoms with van der Waals surface area (Å²) in [6, 6.07) is 6.28. The van der Waals surface area contributed by atoms with Crippen molar-refractivity contribution in [1.82, 2.24) is 10.2 Å². The Morgan fingerprint density at radius 3 is 2.73 bits per heavy atom. The Balaban J connectivity index is 2.04. The van der Waals surface area contributed by atoms with Crippen LogP contribution in [-0.4, -0.2) is 49.8 Å². The molecule has 1 aromatic carbocycles. The molecule has 22 heavy (non-hydrogen) atoms. The third kappa shape index (κ3) is 5.00. The zero-order chi connectivity index (χ0) is 16.0. The molecule has 1 heterocycles. The highest BCUT2D eigenvalue weighted by molar-refractivity contribution is 5.39. The maximum absolute atomic E-state index is 10.5. The van der Waals surface area contributed by atoms with E-state index in [-0.39, 0.29) is 0 Å². The number of hydrogen-bond donors (Lipinski definition) is 1. The summed E-state index contributed by atoms with van der Waals surface area (Å²) in [5.41, 5.74) is 1.71. The minimum Gasteiger partial charge on any atom is -0.489 e. The molecule has 1 aliphatic rings. The quantitative estimate of drug-likeness (QED) is 0.778. The van der Waals surface area contributed by atoms with Crippen LogP contribution in [0.25, 0.3) is 0 Å². The van der Waals surface area contributed by atoms with Crippen LogP contribution in [0.3, 0.4) is 0 Å². The summed E-state index contributed by atoms with van der Waals surface area (Å²) in [6.07, 6.45) is 0. The highest BCUT2D eigenvalue weighted by atomic mass is 16.6. The van der Waals surface area contributed by atoms with Crippen LogP contribution in [0, 0.1) is 6.92 Å². The van der Waals surface area contributed by atoms with Gasteiger partial charge in [0.25, 0.3) is 6.47 Å². The van der Waals surface area contributed by atoms with Crippen LogP contribution < -0.4 is 10.1 Å². The van der Waals surface area contributed by atoms with Gasteiger partial charge >= 0.3 is 0 Å². The fourth-order valence-corrected chi connectivity index (χ4v) is 2.45. The van der Waals surface area contributed by atoms with Gasteiger partial charge in [0, 0.05) is 38.3 Å². The van der Waals surface area contributed by atoms with Gasteiger partial charge in [0.2, 0.25) is 0 Å². The number of hydrogen-bond acceptors (Lipinski definition) is 5. The van der Waals surface area contributed by atoms with Crippen LogP contribution >= 0.6 is 0 Å². The molecule has 2 rings (SSSR count). The lowest BCUT2D eigenvalue weighted by molar-refractivity contribution is -0.142. The second kappa shape index (κ2) is 7.61. The molecule has 122 valence electrons. The molecular formula is C17H26N2O3. The number of nitrogens with one attached hydrogen (secondary N) is 1. The van der Waals surface area contributed by atoms with Crippen molar-refractivity contribution in [2.45, 2.75) is 32.9 Å². The predicted octanol–water partition coefficient (Wildman–Crippen LogP) is 1.73. The highest BCUT2D eigenvalue weighted by Crippen LogP contribution is 2.24. The average Bonchev–Trinajstić information content (AvgIpc) is 2.48. The molecule has 0 unspecified atom stereocenters. The third-order valence-corrected chi connectivity index (χ3v) is 3.77.